The molecule has 4 nitrogen and oxygen atoms in total. The summed E-state index contributed by atoms with van der Waals surface area (Å²) in [6, 6.07) is 12.0. The van der Waals surface area contributed by atoms with Crippen LogP contribution < -0.4 is 5.43 Å². The number of phenols is 1. The molecule has 102 valence electrons. The van der Waals surface area contributed by atoms with E-state index >= 15 is 0 Å². The minimum Gasteiger partial charge on any atom is -0.508 e. The quantitative estimate of drug-likeness (QED) is 0.664. The van der Waals surface area contributed by atoms with E-state index in [1.807, 2.05) is 32.0 Å². The molecule has 1 amide bonds. The van der Waals surface area contributed by atoms with Crippen molar-refractivity contribution in [2.45, 2.75) is 13.8 Å². The monoisotopic (exact) mass is 268 g/mol. The van der Waals surface area contributed by atoms with Crippen molar-refractivity contribution >= 4 is 12.1 Å². The van der Waals surface area contributed by atoms with Gasteiger partial charge in [0.25, 0.3) is 5.91 Å². The maximum absolute atomic E-state index is 11.8. The fraction of sp³-hybridized carbons (Fsp3) is 0.125. The Bertz CT molecular complexity index is 646. The number of hydrogen-bond acceptors (Lipinski definition) is 3. The Labute approximate surface area is 117 Å². The van der Waals surface area contributed by atoms with Crippen LogP contribution in [0.2, 0.25) is 0 Å². The van der Waals surface area contributed by atoms with E-state index in [-0.39, 0.29) is 11.7 Å². The van der Waals surface area contributed by atoms with Crippen molar-refractivity contribution < 1.29 is 9.90 Å². The van der Waals surface area contributed by atoms with Crippen molar-refractivity contribution in [2.75, 3.05) is 0 Å². The third kappa shape index (κ3) is 3.45. The van der Waals surface area contributed by atoms with Gasteiger partial charge in [0.2, 0.25) is 0 Å². The predicted octanol–water partition coefficient (Wildman–Crippen LogP) is 2.77. The molecule has 0 atom stereocenters. The molecule has 0 aliphatic carbocycles. The Morgan fingerprint density at radius 1 is 1.10 bits per heavy atom. The summed E-state index contributed by atoms with van der Waals surface area (Å²) in [6.45, 7) is 4.07. The number of hydrazone groups is 1. The molecule has 0 bridgehead atoms. The van der Waals surface area contributed by atoms with Gasteiger partial charge in [-0.1, -0.05) is 18.2 Å². The van der Waals surface area contributed by atoms with Crippen LogP contribution in [0.15, 0.2) is 47.6 Å². The molecule has 0 aliphatic rings. The van der Waals surface area contributed by atoms with E-state index < -0.39 is 0 Å². The molecule has 0 saturated heterocycles. The Morgan fingerprint density at radius 2 is 1.80 bits per heavy atom. The first-order chi connectivity index (χ1) is 9.56. The van der Waals surface area contributed by atoms with Crippen LogP contribution in [0.25, 0.3) is 0 Å². The van der Waals surface area contributed by atoms with Crippen molar-refractivity contribution in [2.24, 2.45) is 5.10 Å². The zero-order valence-electron chi connectivity index (χ0n) is 11.4. The molecule has 2 rings (SSSR count). The number of nitrogens with zero attached hydrogens (tertiary/aromatic N) is 1. The van der Waals surface area contributed by atoms with Gasteiger partial charge in [-0.3, -0.25) is 4.79 Å². The second-order valence-corrected chi connectivity index (χ2v) is 4.59. The van der Waals surface area contributed by atoms with Gasteiger partial charge in [0.15, 0.2) is 0 Å². The lowest BCUT2D eigenvalue weighted by atomic mass is 10.1. The third-order valence-electron chi connectivity index (χ3n) is 3.04. The van der Waals surface area contributed by atoms with Crippen molar-refractivity contribution in [3.05, 3.63) is 64.7 Å². The number of benzene rings is 2. The summed E-state index contributed by atoms with van der Waals surface area (Å²) >= 11 is 0. The highest BCUT2D eigenvalue weighted by Crippen LogP contribution is 2.10. The van der Waals surface area contributed by atoms with Gasteiger partial charge in [0.05, 0.1) is 6.21 Å². The van der Waals surface area contributed by atoms with Crippen LogP contribution in [0.1, 0.15) is 27.0 Å². The number of amides is 1. The Hall–Kier alpha value is -2.62. The van der Waals surface area contributed by atoms with Gasteiger partial charge >= 0.3 is 0 Å². The van der Waals surface area contributed by atoms with Gasteiger partial charge in [0.1, 0.15) is 5.75 Å². The molecule has 0 saturated carbocycles. The molecule has 0 aliphatic heterocycles. The van der Waals surface area contributed by atoms with E-state index in [0.29, 0.717) is 5.56 Å². The molecule has 0 fully saturated rings. The lowest BCUT2D eigenvalue weighted by Gasteiger charge is -2.01. The third-order valence-corrected chi connectivity index (χ3v) is 3.04. The van der Waals surface area contributed by atoms with Crippen LogP contribution in [0.5, 0.6) is 5.75 Å². The maximum atomic E-state index is 11.8. The van der Waals surface area contributed by atoms with Crippen LogP contribution in [-0.4, -0.2) is 17.2 Å². The van der Waals surface area contributed by atoms with Gasteiger partial charge in [-0.15, -0.1) is 0 Å². The zero-order chi connectivity index (χ0) is 14.5. The molecule has 0 spiro atoms. The smallest absolute Gasteiger partial charge is 0.271 e. The van der Waals surface area contributed by atoms with Crippen LogP contribution in [-0.2, 0) is 0 Å². The second kappa shape index (κ2) is 6.02. The van der Waals surface area contributed by atoms with E-state index in [4.69, 9.17) is 5.11 Å². The number of rotatable bonds is 3. The number of hydrogen-bond donors (Lipinski definition) is 2. The molecule has 2 aromatic rings. The number of aryl methyl sites for hydroxylation is 2. The first-order valence-corrected chi connectivity index (χ1v) is 6.26. The largest absolute Gasteiger partial charge is 0.508 e. The number of aromatic hydroxyl groups is 1. The van der Waals surface area contributed by atoms with Gasteiger partial charge in [0, 0.05) is 5.56 Å². The summed E-state index contributed by atoms with van der Waals surface area (Å²) in [5.41, 5.74) is 6.22. The van der Waals surface area contributed by atoms with E-state index in [1.54, 1.807) is 6.21 Å². The average Bonchev–Trinajstić information content (AvgIpc) is 2.43. The number of carbonyl (C=O) groups excluding carboxylic acids is 1. The number of nitrogens with one attached hydrogen (secondary N) is 1. The first-order valence-electron chi connectivity index (χ1n) is 6.26. The number of phenolic OH excluding ortho intramolecular Hbond substituents is 1. The average molecular weight is 268 g/mol. The highest BCUT2D eigenvalue weighted by molar-refractivity contribution is 5.95. The molecular formula is C16H16N2O2. The van der Waals surface area contributed by atoms with Crippen LogP contribution in [0, 0.1) is 13.8 Å². The maximum Gasteiger partial charge on any atom is 0.271 e. The van der Waals surface area contributed by atoms with Crippen LogP contribution >= 0.6 is 0 Å². The van der Waals surface area contributed by atoms with Gasteiger partial charge in [-0.2, -0.15) is 5.10 Å². The van der Waals surface area contributed by atoms with Crippen molar-refractivity contribution in [1.82, 2.24) is 5.43 Å². The van der Waals surface area contributed by atoms with Gasteiger partial charge in [-0.25, -0.2) is 5.43 Å². The first kappa shape index (κ1) is 13.8. The topological polar surface area (TPSA) is 61.7 Å². The standard InChI is InChI=1S/C16H16N2O2/c1-11-3-4-13(9-12(11)2)10-17-18-16(20)14-5-7-15(19)8-6-14/h3-10,19H,1-2H3,(H,18,20). The van der Waals surface area contributed by atoms with Crippen molar-refractivity contribution in [3.63, 3.8) is 0 Å². The lowest BCUT2D eigenvalue weighted by molar-refractivity contribution is 0.0955. The second-order valence-electron chi connectivity index (χ2n) is 4.59. The highest BCUT2D eigenvalue weighted by Gasteiger charge is 2.03. The molecule has 0 heterocycles. The molecule has 20 heavy (non-hydrogen) atoms. The molecule has 0 unspecified atom stereocenters. The van der Waals surface area contributed by atoms with E-state index in [0.717, 1.165) is 5.56 Å². The summed E-state index contributed by atoms with van der Waals surface area (Å²) in [4.78, 5) is 11.8. The SMILES string of the molecule is Cc1ccc(C=NNC(=O)c2ccc(O)cc2)cc1C. The Kier molecular flexibility index (Phi) is 4.15. The minimum atomic E-state index is -0.315. The number of carbonyl (C=O) groups is 1. The summed E-state index contributed by atoms with van der Waals surface area (Å²) in [6.07, 6.45) is 1.60. The zero-order valence-corrected chi connectivity index (χ0v) is 11.4. The highest BCUT2D eigenvalue weighted by atomic mass is 16.3. The summed E-state index contributed by atoms with van der Waals surface area (Å²) in [5.74, 6) is -0.190. The normalized spacial score (nSPS) is 10.7. The molecule has 0 aromatic heterocycles. The van der Waals surface area contributed by atoms with Crippen molar-refractivity contribution in [3.8, 4) is 5.75 Å². The minimum absolute atomic E-state index is 0.125. The fourth-order valence-corrected chi connectivity index (χ4v) is 1.69. The summed E-state index contributed by atoms with van der Waals surface area (Å²) in [5, 5.41) is 13.1. The molecule has 0 radical (unpaired) electrons. The lowest BCUT2D eigenvalue weighted by Crippen LogP contribution is -2.17. The predicted molar refractivity (Wildman–Crippen MR) is 79.1 cm³/mol. The molecular weight excluding hydrogens is 252 g/mol. The van der Waals surface area contributed by atoms with E-state index in [2.05, 4.69) is 10.5 Å². The fourth-order valence-electron chi connectivity index (χ4n) is 1.69. The van der Waals surface area contributed by atoms with Crippen molar-refractivity contribution in [1.29, 1.82) is 0 Å². The van der Waals surface area contributed by atoms with E-state index in [1.165, 1.54) is 35.4 Å². The van der Waals surface area contributed by atoms with E-state index in [9.17, 15) is 4.79 Å². The van der Waals surface area contributed by atoms with Crippen LogP contribution in [0.3, 0.4) is 0 Å². The molecule has 4 heteroatoms. The Balaban J connectivity index is 2.00. The van der Waals surface area contributed by atoms with Crippen LogP contribution in [0.4, 0.5) is 0 Å². The molecule has 2 N–H and O–H groups in total. The Morgan fingerprint density at radius 3 is 2.45 bits per heavy atom. The van der Waals surface area contributed by atoms with Gasteiger partial charge < -0.3 is 5.11 Å². The summed E-state index contributed by atoms with van der Waals surface area (Å²) < 4.78 is 0. The van der Waals surface area contributed by atoms with Gasteiger partial charge in [-0.05, 0) is 54.8 Å². The summed E-state index contributed by atoms with van der Waals surface area (Å²) in [7, 11) is 0. The molecule has 2 aromatic carbocycles.